The summed E-state index contributed by atoms with van der Waals surface area (Å²) in [6, 6.07) is 6.98. The Bertz CT molecular complexity index is 301. The van der Waals surface area contributed by atoms with Crippen LogP contribution in [0, 0.1) is 0 Å². The fourth-order valence-electron chi connectivity index (χ4n) is 0.981. The molecule has 0 amide bonds. The summed E-state index contributed by atoms with van der Waals surface area (Å²) in [7, 11) is 0. The van der Waals surface area contributed by atoms with Gasteiger partial charge in [-0.15, -0.1) is 11.8 Å². The Hall–Kier alpha value is 1.32. The zero-order valence-corrected chi connectivity index (χ0v) is 13.8. The summed E-state index contributed by atoms with van der Waals surface area (Å²) in [5, 5.41) is 0. The van der Waals surface area contributed by atoms with Gasteiger partial charge in [0.15, 0.2) is 0 Å². The Kier molecular flexibility index (Phi) is 10.2. The number of rotatable bonds is 5. The minimum absolute atomic E-state index is 0. The van der Waals surface area contributed by atoms with Crippen molar-refractivity contribution in [3.63, 3.8) is 0 Å². The van der Waals surface area contributed by atoms with Gasteiger partial charge in [0.25, 0.3) is 0 Å². The molecule has 2 nitrogen and oxygen atoms in total. The molecule has 1 rings (SSSR count). The second-order valence-corrected chi connectivity index (χ2v) is 5.02. The number of benzene rings is 1. The molecule has 1 aromatic rings. The standard InChI is InChI=1S/C10H14O2S2.K/c1-2-3-8-13-9-4-6-10(7-5-9)14(11)12;/h4-7H,2-3,8H2,1H3,(H,11,12);/q;+1/p-1. The van der Waals surface area contributed by atoms with Gasteiger partial charge < -0.3 is 4.55 Å². The third kappa shape index (κ3) is 6.58. The van der Waals surface area contributed by atoms with Crippen LogP contribution in [0.25, 0.3) is 0 Å². The van der Waals surface area contributed by atoms with Crippen molar-refractivity contribution >= 4 is 22.8 Å². The fourth-order valence-corrected chi connectivity index (χ4v) is 2.34. The van der Waals surface area contributed by atoms with Gasteiger partial charge in [-0.3, -0.25) is 4.21 Å². The van der Waals surface area contributed by atoms with Crippen molar-refractivity contribution in [3.8, 4) is 0 Å². The Balaban J connectivity index is 0.00000196. The fraction of sp³-hybridized carbons (Fsp3) is 0.400. The van der Waals surface area contributed by atoms with Crippen molar-refractivity contribution in [1.29, 1.82) is 0 Å². The monoisotopic (exact) mass is 268 g/mol. The van der Waals surface area contributed by atoms with E-state index in [0.717, 1.165) is 10.6 Å². The predicted octanol–water partition coefficient (Wildman–Crippen LogP) is -0.179. The number of hydrogen-bond acceptors (Lipinski definition) is 3. The van der Waals surface area contributed by atoms with Crippen LogP contribution in [0.15, 0.2) is 34.1 Å². The number of unbranched alkanes of at least 4 members (excludes halogenated alkanes) is 1. The molecule has 1 aromatic carbocycles. The smallest absolute Gasteiger partial charge is 0.768 e. The van der Waals surface area contributed by atoms with E-state index in [2.05, 4.69) is 6.92 Å². The maximum Gasteiger partial charge on any atom is 1.00 e. The Labute approximate surface area is 140 Å². The summed E-state index contributed by atoms with van der Waals surface area (Å²) in [6.45, 7) is 2.16. The van der Waals surface area contributed by atoms with Gasteiger partial charge in [0.1, 0.15) is 0 Å². The van der Waals surface area contributed by atoms with E-state index in [-0.39, 0.29) is 51.4 Å². The molecule has 0 fully saturated rings. The third-order valence-corrected chi connectivity index (χ3v) is 3.54. The first-order valence-corrected chi connectivity index (χ1v) is 6.62. The summed E-state index contributed by atoms with van der Waals surface area (Å²) < 4.78 is 21.1. The van der Waals surface area contributed by atoms with E-state index in [4.69, 9.17) is 0 Å². The molecular formula is C10H13KO2S2. The number of hydrogen-bond donors (Lipinski definition) is 0. The normalized spacial score (nSPS) is 11.9. The Morgan fingerprint density at radius 1 is 1.33 bits per heavy atom. The van der Waals surface area contributed by atoms with E-state index < -0.39 is 11.1 Å². The van der Waals surface area contributed by atoms with Gasteiger partial charge in [0.05, 0.1) is 0 Å². The molecule has 0 saturated heterocycles. The molecule has 78 valence electrons. The van der Waals surface area contributed by atoms with E-state index in [9.17, 15) is 8.76 Å². The van der Waals surface area contributed by atoms with E-state index in [1.165, 1.54) is 12.8 Å². The minimum Gasteiger partial charge on any atom is -0.768 e. The zero-order valence-electron chi connectivity index (χ0n) is 9.06. The first-order chi connectivity index (χ1) is 6.74. The molecule has 0 spiro atoms. The van der Waals surface area contributed by atoms with Crippen LogP contribution in [0.5, 0.6) is 0 Å². The summed E-state index contributed by atoms with van der Waals surface area (Å²) in [5.41, 5.74) is 0. The van der Waals surface area contributed by atoms with Crippen molar-refractivity contribution in [2.75, 3.05) is 5.75 Å². The minimum atomic E-state index is -2.10. The van der Waals surface area contributed by atoms with Crippen LogP contribution in [0.4, 0.5) is 0 Å². The van der Waals surface area contributed by atoms with Crippen LogP contribution in [0.1, 0.15) is 19.8 Å². The van der Waals surface area contributed by atoms with E-state index >= 15 is 0 Å². The van der Waals surface area contributed by atoms with Gasteiger partial charge >= 0.3 is 51.4 Å². The van der Waals surface area contributed by atoms with Crippen molar-refractivity contribution in [3.05, 3.63) is 24.3 Å². The van der Waals surface area contributed by atoms with Crippen molar-refractivity contribution in [2.45, 2.75) is 29.6 Å². The maximum atomic E-state index is 10.6. The Morgan fingerprint density at radius 3 is 2.40 bits per heavy atom. The van der Waals surface area contributed by atoms with Crippen LogP contribution in [0.2, 0.25) is 0 Å². The SMILES string of the molecule is CCCCSc1ccc(S(=O)[O-])cc1.[K+]. The second-order valence-electron chi connectivity index (χ2n) is 2.91. The topological polar surface area (TPSA) is 40.1 Å². The maximum absolute atomic E-state index is 10.6. The third-order valence-electron chi connectivity index (χ3n) is 1.78. The van der Waals surface area contributed by atoms with Crippen LogP contribution in [0.3, 0.4) is 0 Å². The van der Waals surface area contributed by atoms with Crippen LogP contribution in [-0.2, 0) is 11.1 Å². The van der Waals surface area contributed by atoms with Crippen molar-refractivity contribution in [1.82, 2.24) is 0 Å². The zero-order chi connectivity index (χ0) is 10.4. The molecule has 0 aromatic heterocycles. The molecule has 0 radical (unpaired) electrons. The second kappa shape index (κ2) is 9.36. The number of thioether (sulfide) groups is 1. The molecule has 0 N–H and O–H groups in total. The van der Waals surface area contributed by atoms with Crippen LogP contribution < -0.4 is 51.4 Å². The first-order valence-electron chi connectivity index (χ1n) is 4.56. The van der Waals surface area contributed by atoms with Gasteiger partial charge in [-0.2, -0.15) is 0 Å². The molecule has 15 heavy (non-hydrogen) atoms. The molecular weight excluding hydrogens is 255 g/mol. The average Bonchev–Trinajstić information content (AvgIpc) is 2.19. The summed E-state index contributed by atoms with van der Waals surface area (Å²) in [5.74, 6) is 1.09. The molecule has 0 aliphatic rings. The molecule has 0 heterocycles. The van der Waals surface area contributed by atoms with Gasteiger partial charge in [-0.25, -0.2) is 0 Å². The van der Waals surface area contributed by atoms with Crippen LogP contribution >= 0.6 is 11.8 Å². The molecule has 0 bridgehead atoms. The van der Waals surface area contributed by atoms with Gasteiger partial charge in [-0.1, -0.05) is 13.3 Å². The van der Waals surface area contributed by atoms with Gasteiger partial charge in [-0.05, 0) is 47.5 Å². The predicted molar refractivity (Wildman–Crippen MR) is 59.3 cm³/mol. The summed E-state index contributed by atoms with van der Waals surface area (Å²) >= 11 is -0.339. The molecule has 0 aliphatic carbocycles. The Morgan fingerprint density at radius 2 is 1.93 bits per heavy atom. The quantitative estimate of drug-likeness (QED) is 0.322. The summed E-state index contributed by atoms with van der Waals surface area (Å²) in [6.07, 6.45) is 2.38. The van der Waals surface area contributed by atoms with Crippen molar-refractivity contribution < 1.29 is 60.1 Å². The molecule has 0 aliphatic heterocycles. The van der Waals surface area contributed by atoms with Crippen LogP contribution in [-0.4, -0.2) is 14.5 Å². The van der Waals surface area contributed by atoms with Gasteiger partial charge in [0, 0.05) is 9.79 Å². The van der Waals surface area contributed by atoms with E-state index in [1.807, 2.05) is 12.1 Å². The first kappa shape index (κ1) is 16.3. The summed E-state index contributed by atoms with van der Waals surface area (Å²) in [4.78, 5) is 1.48. The largest absolute Gasteiger partial charge is 1.00 e. The molecule has 5 heteroatoms. The average molecular weight is 268 g/mol. The van der Waals surface area contributed by atoms with Crippen molar-refractivity contribution in [2.24, 2.45) is 0 Å². The molecule has 1 unspecified atom stereocenters. The molecule has 0 saturated carbocycles. The van der Waals surface area contributed by atoms with E-state index in [0.29, 0.717) is 4.90 Å². The van der Waals surface area contributed by atoms with Gasteiger partial charge in [0.2, 0.25) is 0 Å². The molecule has 1 atom stereocenters. The van der Waals surface area contributed by atoms with E-state index in [1.54, 1.807) is 23.9 Å².